The van der Waals surface area contributed by atoms with Crippen LogP contribution in [0.1, 0.15) is 81.0 Å². The van der Waals surface area contributed by atoms with E-state index in [-0.39, 0.29) is 18.4 Å². The molecule has 6 heteroatoms. The normalized spacial score (nSPS) is 15.2. The summed E-state index contributed by atoms with van der Waals surface area (Å²) >= 11 is 0. The van der Waals surface area contributed by atoms with Crippen molar-refractivity contribution >= 4 is 17.0 Å². The summed E-state index contributed by atoms with van der Waals surface area (Å²) in [6.07, 6.45) is 2.19. The largest absolute Gasteiger partial charge is 0.389 e. The summed E-state index contributed by atoms with van der Waals surface area (Å²) in [5, 5.41) is 15.0. The summed E-state index contributed by atoms with van der Waals surface area (Å²) in [6, 6.07) is 1.90. The van der Waals surface area contributed by atoms with Gasteiger partial charge in [-0.1, -0.05) is 19.0 Å². The number of pyridine rings is 1. The Morgan fingerprint density at radius 2 is 2.12 bits per heavy atom. The Morgan fingerprint density at radius 1 is 1.44 bits per heavy atom. The molecule has 3 rings (SSSR count). The molecule has 1 aliphatic rings. The van der Waals surface area contributed by atoms with Gasteiger partial charge in [0, 0.05) is 24.7 Å². The van der Waals surface area contributed by atoms with E-state index in [2.05, 4.69) is 10.1 Å². The van der Waals surface area contributed by atoms with Crippen molar-refractivity contribution in [3.05, 3.63) is 23.0 Å². The summed E-state index contributed by atoms with van der Waals surface area (Å²) in [5.41, 5.74) is 1.74. The molecular weight excluding hydrogens is 318 g/mol. The average Bonchev–Trinajstić information content (AvgIpc) is 3.29. The quantitative estimate of drug-likeness (QED) is 0.867. The average molecular weight is 345 g/mol. The van der Waals surface area contributed by atoms with Crippen LogP contribution in [0.25, 0.3) is 11.1 Å². The van der Waals surface area contributed by atoms with Crippen LogP contribution >= 0.6 is 0 Å². The van der Waals surface area contributed by atoms with Crippen molar-refractivity contribution in [2.45, 2.75) is 64.9 Å². The number of nitrogens with zero attached hydrogens (tertiary/aromatic N) is 3. The topological polar surface area (TPSA) is 79.5 Å². The maximum Gasteiger partial charge on any atom is 0.259 e. The van der Waals surface area contributed by atoms with Crippen molar-refractivity contribution in [3.8, 4) is 0 Å². The minimum absolute atomic E-state index is 0.107. The SMILES string of the molecule is CCN(CC(C)(C)O)C(=O)c1cc(C2CC2)nc2onc(C(C)C)c12. The van der Waals surface area contributed by atoms with Gasteiger partial charge in [0.2, 0.25) is 0 Å². The zero-order chi connectivity index (χ0) is 18.4. The molecule has 6 nitrogen and oxygen atoms in total. The van der Waals surface area contributed by atoms with Gasteiger partial charge in [-0.3, -0.25) is 4.79 Å². The van der Waals surface area contributed by atoms with Crippen molar-refractivity contribution in [2.75, 3.05) is 13.1 Å². The van der Waals surface area contributed by atoms with Gasteiger partial charge in [-0.05, 0) is 45.6 Å². The van der Waals surface area contributed by atoms with Crippen LogP contribution in [-0.2, 0) is 0 Å². The highest BCUT2D eigenvalue weighted by atomic mass is 16.5. The van der Waals surface area contributed by atoms with E-state index in [1.165, 1.54) is 0 Å². The molecular formula is C19H27N3O3. The van der Waals surface area contributed by atoms with E-state index < -0.39 is 5.60 Å². The van der Waals surface area contributed by atoms with E-state index >= 15 is 0 Å². The molecule has 1 N–H and O–H groups in total. The van der Waals surface area contributed by atoms with E-state index in [0.717, 1.165) is 24.2 Å². The lowest BCUT2D eigenvalue weighted by Gasteiger charge is -2.28. The lowest BCUT2D eigenvalue weighted by atomic mass is 10.0. The first kappa shape index (κ1) is 17.9. The van der Waals surface area contributed by atoms with Gasteiger partial charge in [0.25, 0.3) is 11.6 Å². The molecule has 2 heterocycles. The zero-order valence-electron chi connectivity index (χ0n) is 15.7. The number of rotatable bonds is 6. The van der Waals surface area contributed by atoms with Crippen LogP contribution in [0.5, 0.6) is 0 Å². The number of amides is 1. The van der Waals surface area contributed by atoms with Crippen molar-refractivity contribution < 1.29 is 14.4 Å². The second kappa shape index (κ2) is 6.41. The lowest BCUT2D eigenvalue weighted by molar-refractivity contribution is 0.0315. The summed E-state index contributed by atoms with van der Waals surface area (Å²) in [4.78, 5) is 19.5. The van der Waals surface area contributed by atoms with Crippen LogP contribution in [0, 0.1) is 0 Å². The zero-order valence-corrected chi connectivity index (χ0v) is 15.7. The molecule has 0 aromatic carbocycles. The molecule has 1 aliphatic carbocycles. The van der Waals surface area contributed by atoms with E-state index in [4.69, 9.17) is 4.52 Å². The number of hydrogen-bond acceptors (Lipinski definition) is 5. The molecule has 0 bridgehead atoms. The first-order valence-corrected chi connectivity index (χ1v) is 9.03. The number of likely N-dealkylation sites (N-methyl/N-ethyl adjacent to an activating group) is 1. The molecule has 136 valence electrons. The summed E-state index contributed by atoms with van der Waals surface area (Å²) < 4.78 is 5.45. The van der Waals surface area contributed by atoms with Crippen LogP contribution in [0.4, 0.5) is 0 Å². The van der Waals surface area contributed by atoms with Crippen molar-refractivity contribution in [1.82, 2.24) is 15.0 Å². The van der Waals surface area contributed by atoms with Crippen molar-refractivity contribution in [3.63, 3.8) is 0 Å². The summed E-state index contributed by atoms with van der Waals surface area (Å²) in [5.74, 6) is 0.433. The van der Waals surface area contributed by atoms with Crippen molar-refractivity contribution in [2.24, 2.45) is 0 Å². The van der Waals surface area contributed by atoms with Crippen LogP contribution in [0.15, 0.2) is 10.6 Å². The minimum atomic E-state index is -0.952. The number of carbonyl (C=O) groups is 1. The number of aliphatic hydroxyl groups is 1. The number of carbonyl (C=O) groups excluding carboxylic acids is 1. The predicted octanol–water partition coefficient (Wildman–Crippen LogP) is 3.46. The van der Waals surface area contributed by atoms with Gasteiger partial charge in [-0.15, -0.1) is 0 Å². The number of hydrogen-bond donors (Lipinski definition) is 1. The Morgan fingerprint density at radius 3 is 2.64 bits per heavy atom. The monoisotopic (exact) mass is 345 g/mol. The third-order valence-electron chi connectivity index (χ3n) is 4.51. The molecule has 1 fully saturated rings. The number of fused-ring (bicyclic) bond motifs is 1. The van der Waals surface area contributed by atoms with E-state index in [0.29, 0.717) is 29.1 Å². The van der Waals surface area contributed by atoms with Gasteiger partial charge >= 0.3 is 0 Å². The summed E-state index contributed by atoms with van der Waals surface area (Å²) in [6.45, 7) is 10.2. The molecule has 1 saturated carbocycles. The highest BCUT2D eigenvalue weighted by Gasteiger charge is 2.31. The molecule has 1 amide bonds. The third kappa shape index (κ3) is 3.68. The van der Waals surface area contributed by atoms with Gasteiger partial charge in [0.05, 0.1) is 22.2 Å². The predicted molar refractivity (Wildman–Crippen MR) is 95.7 cm³/mol. The molecule has 0 spiro atoms. The third-order valence-corrected chi connectivity index (χ3v) is 4.51. The molecule has 25 heavy (non-hydrogen) atoms. The van der Waals surface area contributed by atoms with Crippen LogP contribution < -0.4 is 0 Å². The van der Waals surface area contributed by atoms with Crippen LogP contribution in [0.3, 0.4) is 0 Å². The van der Waals surface area contributed by atoms with Gasteiger partial charge in [-0.2, -0.15) is 0 Å². The fourth-order valence-corrected chi connectivity index (χ4v) is 3.11. The first-order valence-electron chi connectivity index (χ1n) is 9.03. The minimum Gasteiger partial charge on any atom is -0.389 e. The highest BCUT2D eigenvalue weighted by Crippen LogP contribution is 2.41. The molecule has 0 unspecified atom stereocenters. The molecule has 0 atom stereocenters. The molecule has 0 radical (unpaired) electrons. The molecule has 2 aromatic rings. The van der Waals surface area contributed by atoms with Gasteiger partial charge < -0.3 is 14.5 Å². The standard InChI is InChI=1S/C19H27N3O3/c1-6-22(10-19(4,5)24)18(23)13-9-14(12-7-8-12)20-17-15(13)16(11(2)3)21-25-17/h9,11-12,24H,6-8,10H2,1-5H3. The van der Waals surface area contributed by atoms with Crippen molar-refractivity contribution in [1.29, 1.82) is 0 Å². The fraction of sp³-hybridized carbons (Fsp3) is 0.632. The second-order valence-corrected chi connectivity index (χ2v) is 7.90. The Bertz CT molecular complexity index is 785. The second-order valence-electron chi connectivity index (χ2n) is 7.90. The fourth-order valence-electron chi connectivity index (χ4n) is 3.11. The summed E-state index contributed by atoms with van der Waals surface area (Å²) in [7, 11) is 0. The van der Waals surface area contributed by atoms with Crippen LogP contribution in [-0.4, -0.2) is 44.7 Å². The molecule has 2 aromatic heterocycles. The van der Waals surface area contributed by atoms with Gasteiger partial charge in [0.1, 0.15) is 0 Å². The van der Waals surface area contributed by atoms with Gasteiger partial charge in [-0.25, -0.2) is 4.98 Å². The number of aromatic nitrogens is 2. The van der Waals surface area contributed by atoms with Gasteiger partial charge in [0.15, 0.2) is 0 Å². The molecule has 0 saturated heterocycles. The Hall–Kier alpha value is -1.95. The Kier molecular flexibility index (Phi) is 4.58. The van der Waals surface area contributed by atoms with Crippen LogP contribution in [0.2, 0.25) is 0 Å². The first-order chi connectivity index (χ1) is 11.7. The Labute approximate surface area is 148 Å². The lowest BCUT2D eigenvalue weighted by Crippen LogP contribution is -2.42. The highest BCUT2D eigenvalue weighted by molar-refractivity contribution is 6.06. The Balaban J connectivity index is 2.11. The smallest absolute Gasteiger partial charge is 0.259 e. The maximum absolute atomic E-state index is 13.3. The van der Waals surface area contributed by atoms with E-state index in [9.17, 15) is 9.90 Å². The molecule has 0 aliphatic heterocycles. The van der Waals surface area contributed by atoms with E-state index in [1.807, 2.05) is 26.8 Å². The maximum atomic E-state index is 13.3. The van der Waals surface area contributed by atoms with E-state index in [1.54, 1.807) is 18.7 Å².